The Hall–Kier alpha value is -1.43. The zero-order chi connectivity index (χ0) is 11.6. The predicted molar refractivity (Wildman–Crippen MR) is 45.3 cm³/mol. The van der Waals surface area contributed by atoms with Gasteiger partial charge in [-0.25, -0.2) is 0 Å². The predicted octanol–water partition coefficient (Wildman–Crippen LogP) is 1.66. The molecule has 1 atom stereocenters. The lowest BCUT2D eigenvalue weighted by Crippen LogP contribution is -2.21. The monoisotopic (exact) mass is 219 g/mol. The van der Waals surface area contributed by atoms with Crippen LogP contribution in [0.3, 0.4) is 0 Å². The van der Waals surface area contributed by atoms with Crippen molar-refractivity contribution in [3.63, 3.8) is 0 Å². The van der Waals surface area contributed by atoms with Gasteiger partial charge >= 0.3 is 6.18 Å². The maximum Gasteiger partial charge on any atom is 0.417 e. The fourth-order valence-electron chi connectivity index (χ4n) is 1.06. The van der Waals surface area contributed by atoms with E-state index < -0.39 is 29.2 Å². The van der Waals surface area contributed by atoms with Crippen LogP contribution in [0.1, 0.15) is 22.8 Å². The van der Waals surface area contributed by atoms with E-state index in [1.54, 1.807) is 0 Å². The molecule has 0 saturated heterocycles. The molecular weight excluding hydrogens is 211 g/mol. The topological polar surface area (TPSA) is 50.2 Å². The Balaban J connectivity index is 3.25. The van der Waals surface area contributed by atoms with Crippen molar-refractivity contribution in [2.24, 2.45) is 0 Å². The van der Waals surface area contributed by atoms with Crippen LogP contribution in [0, 0.1) is 0 Å². The van der Waals surface area contributed by atoms with Crippen molar-refractivity contribution in [3.05, 3.63) is 29.6 Å². The number of hydrogen-bond donors (Lipinski definition) is 1. The van der Waals surface area contributed by atoms with Gasteiger partial charge in [0.15, 0.2) is 5.78 Å². The fraction of sp³-hybridized carbons (Fsp3) is 0.333. The third-order valence-electron chi connectivity index (χ3n) is 1.77. The summed E-state index contributed by atoms with van der Waals surface area (Å²) >= 11 is 0. The Morgan fingerprint density at radius 1 is 1.53 bits per heavy atom. The highest BCUT2D eigenvalue weighted by atomic mass is 19.4. The van der Waals surface area contributed by atoms with Crippen LogP contribution in [0.25, 0.3) is 0 Å². The third-order valence-corrected chi connectivity index (χ3v) is 1.77. The largest absolute Gasteiger partial charge is 0.417 e. The number of halogens is 3. The lowest BCUT2D eigenvalue weighted by molar-refractivity contribution is -0.138. The quantitative estimate of drug-likeness (QED) is 0.769. The normalized spacial score (nSPS) is 13.7. The standard InChI is InChI=1S/C9H8F3NO2/c1-5(14)8(15)6-4-13-3-2-7(6)9(10,11)12/h2-5,14H,1H3. The van der Waals surface area contributed by atoms with Gasteiger partial charge < -0.3 is 5.11 Å². The van der Waals surface area contributed by atoms with Gasteiger partial charge in [-0.15, -0.1) is 0 Å². The zero-order valence-corrected chi connectivity index (χ0v) is 7.75. The molecule has 0 aliphatic rings. The van der Waals surface area contributed by atoms with Gasteiger partial charge in [0.05, 0.1) is 11.1 Å². The van der Waals surface area contributed by atoms with Gasteiger partial charge in [-0.3, -0.25) is 9.78 Å². The highest BCUT2D eigenvalue weighted by Crippen LogP contribution is 2.31. The lowest BCUT2D eigenvalue weighted by Gasteiger charge is -2.11. The molecule has 0 amide bonds. The number of carbonyl (C=O) groups is 1. The molecule has 1 heterocycles. The SMILES string of the molecule is CC(O)C(=O)c1cnccc1C(F)(F)F. The van der Waals surface area contributed by atoms with Gasteiger partial charge in [-0.1, -0.05) is 0 Å². The van der Waals surface area contributed by atoms with Crippen molar-refractivity contribution >= 4 is 5.78 Å². The van der Waals surface area contributed by atoms with E-state index in [2.05, 4.69) is 4.98 Å². The molecule has 0 aliphatic carbocycles. The first-order valence-corrected chi connectivity index (χ1v) is 4.07. The maximum atomic E-state index is 12.4. The Labute approximate surface area is 83.6 Å². The van der Waals surface area contributed by atoms with Crippen LogP contribution in [0.2, 0.25) is 0 Å². The molecule has 1 N–H and O–H groups in total. The first kappa shape index (κ1) is 11.6. The van der Waals surface area contributed by atoms with Crippen LogP contribution in [0.4, 0.5) is 13.2 Å². The summed E-state index contributed by atoms with van der Waals surface area (Å²) in [6.07, 6.45) is -4.35. The summed E-state index contributed by atoms with van der Waals surface area (Å²) in [6.45, 7) is 1.11. The molecule has 82 valence electrons. The molecule has 0 bridgehead atoms. The van der Waals surface area contributed by atoms with E-state index in [9.17, 15) is 18.0 Å². The Kier molecular flexibility index (Phi) is 3.09. The van der Waals surface area contributed by atoms with Gasteiger partial charge in [0.2, 0.25) is 0 Å². The number of rotatable bonds is 2. The summed E-state index contributed by atoms with van der Waals surface area (Å²) < 4.78 is 37.2. The van der Waals surface area contributed by atoms with Crippen molar-refractivity contribution in [2.45, 2.75) is 19.2 Å². The van der Waals surface area contributed by atoms with Crippen molar-refractivity contribution in [1.82, 2.24) is 4.98 Å². The summed E-state index contributed by atoms with van der Waals surface area (Å²) in [6, 6.07) is 0.704. The van der Waals surface area contributed by atoms with Crippen LogP contribution in [-0.4, -0.2) is 22.0 Å². The van der Waals surface area contributed by atoms with Crippen LogP contribution >= 0.6 is 0 Å². The summed E-state index contributed by atoms with van der Waals surface area (Å²) in [5.74, 6) is -0.990. The second-order valence-corrected chi connectivity index (χ2v) is 2.96. The second-order valence-electron chi connectivity index (χ2n) is 2.96. The minimum atomic E-state index is -4.62. The molecule has 1 unspecified atom stereocenters. The van der Waals surface area contributed by atoms with E-state index in [4.69, 9.17) is 5.11 Å². The number of aromatic nitrogens is 1. The highest BCUT2D eigenvalue weighted by Gasteiger charge is 2.35. The number of aliphatic hydroxyl groups is 1. The molecule has 1 rings (SSSR count). The molecule has 0 saturated carbocycles. The van der Waals surface area contributed by atoms with E-state index in [0.717, 1.165) is 19.3 Å². The average molecular weight is 219 g/mol. The van der Waals surface area contributed by atoms with E-state index in [-0.39, 0.29) is 0 Å². The van der Waals surface area contributed by atoms with Crippen LogP contribution < -0.4 is 0 Å². The Bertz CT molecular complexity index is 374. The Morgan fingerprint density at radius 3 is 2.60 bits per heavy atom. The molecule has 0 aliphatic heterocycles. The summed E-state index contributed by atoms with van der Waals surface area (Å²) in [7, 11) is 0. The maximum absolute atomic E-state index is 12.4. The molecule has 1 aromatic heterocycles. The molecule has 0 fully saturated rings. The molecule has 6 heteroatoms. The van der Waals surface area contributed by atoms with Gasteiger partial charge in [-0.05, 0) is 13.0 Å². The van der Waals surface area contributed by atoms with E-state index in [1.807, 2.05) is 0 Å². The van der Waals surface area contributed by atoms with Gasteiger partial charge in [0.1, 0.15) is 6.10 Å². The summed E-state index contributed by atoms with van der Waals surface area (Å²) in [5, 5.41) is 8.92. The number of alkyl halides is 3. The smallest absolute Gasteiger partial charge is 0.385 e. The first-order chi connectivity index (χ1) is 6.84. The van der Waals surface area contributed by atoms with E-state index >= 15 is 0 Å². The molecule has 0 aromatic carbocycles. The minimum absolute atomic E-state index is 0.611. The Morgan fingerprint density at radius 2 is 2.13 bits per heavy atom. The van der Waals surface area contributed by atoms with Crippen molar-refractivity contribution in [2.75, 3.05) is 0 Å². The lowest BCUT2D eigenvalue weighted by atomic mass is 10.0. The molecule has 0 radical (unpaired) electrons. The minimum Gasteiger partial charge on any atom is -0.385 e. The fourth-order valence-corrected chi connectivity index (χ4v) is 1.06. The number of Topliss-reactive ketones (excluding diaryl/α,β-unsaturated/α-hetero) is 1. The van der Waals surface area contributed by atoms with Crippen LogP contribution in [-0.2, 0) is 6.18 Å². The van der Waals surface area contributed by atoms with Crippen molar-refractivity contribution in [3.8, 4) is 0 Å². The van der Waals surface area contributed by atoms with Crippen molar-refractivity contribution in [1.29, 1.82) is 0 Å². The van der Waals surface area contributed by atoms with E-state index in [0.29, 0.717) is 6.07 Å². The number of ketones is 1. The average Bonchev–Trinajstić information content (AvgIpc) is 2.15. The highest BCUT2D eigenvalue weighted by molar-refractivity contribution is 6.00. The molecule has 15 heavy (non-hydrogen) atoms. The number of carbonyl (C=O) groups excluding carboxylic acids is 1. The number of pyridine rings is 1. The summed E-state index contributed by atoms with van der Waals surface area (Å²) in [5.41, 5.74) is -1.69. The van der Waals surface area contributed by atoms with Crippen molar-refractivity contribution < 1.29 is 23.1 Å². The zero-order valence-electron chi connectivity index (χ0n) is 7.75. The summed E-state index contributed by atoms with van der Waals surface area (Å²) in [4.78, 5) is 14.7. The number of aliphatic hydroxyl groups excluding tert-OH is 1. The van der Waals surface area contributed by atoms with Crippen LogP contribution in [0.15, 0.2) is 18.5 Å². The van der Waals surface area contributed by atoms with Gasteiger partial charge in [0, 0.05) is 12.4 Å². The molecule has 0 spiro atoms. The molecule has 1 aromatic rings. The van der Waals surface area contributed by atoms with E-state index in [1.165, 1.54) is 0 Å². The number of nitrogens with zero attached hydrogens (tertiary/aromatic N) is 1. The van der Waals surface area contributed by atoms with Gasteiger partial charge in [0.25, 0.3) is 0 Å². The third kappa shape index (κ3) is 2.53. The van der Waals surface area contributed by atoms with Gasteiger partial charge in [-0.2, -0.15) is 13.2 Å². The van der Waals surface area contributed by atoms with Crippen LogP contribution in [0.5, 0.6) is 0 Å². The first-order valence-electron chi connectivity index (χ1n) is 4.07. The molecular formula is C9H8F3NO2. The number of hydrogen-bond acceptors (Lipinski definition) is 3. The second kappa shape index (κ2) is 3.98. The molecule has 3 nitrogen and oxygen atoms in total.